The fraction of sp³-hybridized carbons (Fsp3) is 0.0833. The molecule has 0 N–H and O–H groups in total. The van der Waals surface area contributed by atoms with Crippen molar-refractivity contribution < 1.29 is 23.8 Å². The number of fused-ring (bicyclic) bond motifs is 1. The van der Waals surface area contributed by atoms with E-state index < -0.39 is 5.97 Å². The van der Waals surface area contributed by atoms with Crippen molar-refractivity contribution in [1.29, 1.82) is 0 Å². The van der Waals surface area contributed by atoms with E-state index >= 15 is 0 Å². The molecule has 0 radical (unpaired) electrons. The lowest BCUT2D eigenvalue weighted by molar-refractivity contribution is -0.147. The predicted molar refractivity (Wildman–Crippen MR) is 118 cm³/mol. The molecule has 1 heterocycles. The van der Waals surface area contributed by atoms with E-state index in [-0.39, 0.29) is 24.8 Å². The first-order valence-corrected chi connectivity index (χ1v) is 10.1. The highest BCUT2D eigenvalue weighted by Gasteiger charge is 2.28. The van der Waals surface area contributed by atoms with Crippen molar-refractivity contribution in [3.8, 4) is 11.5 Å². The van der Waals surface area contributed by atoms with Crippen molar-refractivity contribution in [3.63, 3.8) is 0 Å². The number of carbonyl (C=O) groups excluding carboxylic acids is 2. The first kappa shape index (κ1) is 21.0. The van der Waals surface area contributed by atoms with Crippen molar-refractivity contribution in [2.24, 2.45) is 0 Å². The van der Waals surface area contributed by atoms with Gasteiger partial charge in [-0.05, 0) is 41.5 Å². The number of rotatable bonds is 6. The van der Waals surface area contributed by atoms with Crippen molar-refractivity contribution in [2.75, 3.05) is 6.61 Å². The minimum absolute atomic E-state index is 0.160. The van der Waals surface area contributed by atoms with Crippen LogP contribution in [0.25, 0.3) is 6.08 Å². The van der Waals surface area contributed by atoms with Crippen LogP contribution in [-0.4, -0.2) is 18.4 Å². The zero-order chi connectivity index (χ0) is 21.8. The molecule has 0 amide bonds. The molecule has 0 spiro atoms. The Kier molecular flexibility index (Phi) is 6.26. The van der Waals surface area contributed by atoms with E-state index in [1.54, 1.807) is 42.5 Å². The second-order valence-electron chi connectivity index (χ2n) is 6.71. The molecule has 0 bridgehead atoms. The highest BCUT2D eigenvalue weighted by atomic mass is 35.5. The summed E-state index contributed by atoms with van der Waals surface area (Å²) in [7, 11) is 0. The van der Waals surface area contributed by atoms with E-state index in [1.165, 1.54) is 0 Å². The molecule has 7 heteroatoms. The van der Waals surface area contributed by atoms with Crippen LogP contribution in [0.15, 0.2) is 72.5 Å². The van der Waals surface area contributed by atoms with E-state index in [0.717, 1.165) is 5.56 Å². The average Bonchev–Trinajstić information content (AvgIpc) is 3.08. The SMILES string of the molecule is O=C(COc1ccc2c(c1)OC(=Cc1ccc(Cl)c(Cl)c1)C2=O)OCc1ccccc1. The Morgan fingerprint density at radius 2 is 1.77 bits per heavy atom. The minimum Gasteiger partial charge on any atom is -0.482 e. The van der Waals surface area contributed by atoms with E-state index in [0.29, 0.717) is 32.7 Å². The van der Waals surface area contributed by atoms with E-state index in [9.17, 15) is 9.59 Å². The van der Waals surface area contributed by atoms with Gasteiger partial charge in [-0.1, -0.05) is 59.6 Å². The maximum Gasteiger partial charge on any atom is 0.344 e. The summed E-state index contributed by atoms with van der Waals surface area (Å²) in [5.74, 6) is 0.148. The molecule has 4 rings (SSSR count). The van der Waals surface area contributed by atoms with Gasteiger partial charge < -0.3 is 14.2 Å². The number of hydrogen-bond acceptors (Lipinski definition) is 5. The summed E-state index contributed by atoms with van der Waals surface area (Å²) in [6.45, 7) is -0.0841. The maximum atomic E-state index is 12.6. The van der Waals surface area contributed by atoms with Gasteiger partial charge in [0.05, 0.1) is 15.6 Å². The van der Waals surface area contributed by atoms with Gasteiger partial charge in [0.1, 0.15) is 18.1 Å². The van der Waals surface area contributed by atoms with Gasteiger partial charge in [-0.2, -0.15) is 0 Å². The molecule has 3 aromatic rings. The second kappa shape index (κ2) is 9.25. The minimum atomic E-state index is -0.499. The van der Waals surface area contributed by atoms with Crippen LogP contribution in [0.1, 0.15) is 21.5 Å². The molecule has 0 aliphatic carbocycles. The van der Waals surface area contributed by atoms with Gasteiger partial charge in [0.15, 0.2) is 12.4 Å². The molecule has 3 aromatic carbocycles. The Morgan fingerprint density at radius 1 is 0.968 bits per heavy atom. The smallest absolute Gasteiger partial charge is 0.344 e. The molecule has 31 heavy (non-hydrogen) atoms. The third-order valence-corrected chi connectivity index (χ3v) is 5.22. The quantitative estimate of drug-likeness (QED) is 0.351. The number of benzene rings is 3. The fourth-order valence-electron chi connectivity index (χ4n) is 2.93. The molecule has 1 aliphatic rings. The normalized spacial score (nSPS) is 13.6. The van der Waals surface area contributed by atoms with Gasteiger partial charge >= 0.3 is 5.97 Å². The second-order valence-corrected chi connectivity index (χ2v) is 7.52. The number of allylic oxidation sites excluding steroid dienone is 1. The molecular formula is C24H16Cl2O5. The Morgan fingerprint density at radius 3 is 2.55 bits per heavy atom. The standard InChI is InChI=1S/C24H16Cl2O5/c25-19-9-6-16(10-20(19)26)11-22-24(28)18-8-7-17(12-21(18)31-22)29-14-23(27)30-13-15-4-2-1-3-5-15/h1-12H,13-14H2. The van der Waals surface area contributed by atoms with Crippen LogP contribution in [-0.2, 0) is 16.1 Å². The Balaban J connectivity index is 1.38. The molecular weight excluding hydrogens is 439 g/mol. The van der Waals surface area contributed by atoms with Gasteiger partial charge in [-0.25, -0.2) is 4.79 Å². The number of ketones is 1. The van der Waals surface area contributed by atoms with Gasteiger partial charge in [0.25, 0.3) is 0 Å². The lowest BCUT2D eigenvalue weighted by atomic mass is 10.1. The highest BCUT2D eigenvalue weighted by molar-refractivity contribution is 6.42. The number of halogens is 2. The van der Waals surface area contributed by atoms with Crippen LogP contribution < -0.4 is 9.47 Å². The van der Waals surface area contributed by atoms with Crippen LogP contribution in [0.4, 0.5) is 0 Å². The van der Waals surface area contributed by atoms with E-state index in [4.69, 9.17) is 37.4 Å². The summed E-state index contributed by atoms with van der Waals surface area (Å²) < 4.78 is 16.3. The lowest BCUT2D eigenvalue weighted by Gasteiger charge is -2.08. The van der Waals surface area contributed by atoms with E-state index in [2.05, 4.69) is 0 Å². The summed E-state index contributed by atoms with van der Waals surface area (Å²) >= 11 is 11.9. The number of Topliss-reactive ketones (excluding diaryl/α,β-unsaturated/α-hetero) is 1. The summed E-state index contributed by atoms with van der Waals surface area (Å²) in [5.41, 5.74) is 1.98. The highest BCUT2D eigenvalue weighted by Crippen LogP contribution is 2.35. The summed E-state index contributed by atoms with van der Waals surface area (Å²) in [6.07, 6.45) is 1.59. The molecule has 0 unspecified atom stereocenters. The molecule has 0 saturated carbocycles. The van der Waals surface area contributed by atoms with Crippen LogP contribution in [0.2, 0.25) is 10.0 Å². The van der Waals surface area contributed by atoms with Crippen molar-refractivity contribution >= 4 is 41.0 Å². The number of ether oxygens (including phenoxy) is 3. The van der Waals surface area contributed by atoms with Gasteiger partial charge in [-0.15, -0.1) is 0 Å². The van der Waals surface area contributed by atoms with Crippen LogP contribution >= 0.6 is 23.2 Å². The fourth-order valence-corrected chi connectivity index (χ4v) is 3.24. The van der Waals surface area contributed by atoms with Crippen LogP contribution in [0.3, 0.4) is 0 Å². The average molecular weight is 455 g/mol. The van der Waals surface area contributed by atoms with Gasteiger partial charge in [0, 0.05) is 6.07 Å². The zero-order valence-electron chi connectivity index (χ0n) is 16.1. The Hall–Kier alpha value is -3.28. The third kappa shape index (κ3) is 5.08. The molecule has 0 atom stereocenters. The molecule has 0 aromatic heterocycles. The maximum absolute atomic E-state index is 12.6. The number of carbonyl (C=O) groups is 2. The predicted octanol–water partition coefficient (Wildman–Crippen LogP) is 5.73. The van der Waals surface area contributed by atoms with Gasteiger partial charge in [0.2, 0.25) is 5.78 Å². The zero-order valence-corrected chi connectivity index (χ0v) is 17.7. The lowest BCUT2D eigenvalue weighted by Crippen LogP contribution is -2.14. The summed E-state index contributed by atoms with van der Waals surface area (Å²) in [6, 6.07) is 19.1. The monoisotopic (exact) mass is 454 g/mol. The Bertz CT molecular complexity index is 1170. The summed E-state index contributed by atoms with van der Waals surface area (Å²) in [4.78, 5) is 24.5. The van der Waals surface area contributed by atoms with E-state index in [1.807, 2.05) is 30.3 Å². The van der Waals surface area contributed by atoms with Crippen LogP contribution in [0.5, 0.6) is 11.5 Å². The van der Waals surface area contributed by atoms with Crippen molar-refractivity contribution in [2.45, 2.75) is 6.61 Å². The number of esters is 1. The number of hydrogen-bond donors (Lipinski definition) is 0. The third-order valence-electron chi connectivity index (χ3n) is 4.48. The summed E-state index contributed by atoms with van der Waals surface area (Å²) in [5, 5.41) is 0.809. The molecule has 1 aliphatic heterocycles. The largest absolute Gasteiger partial charge is 0.482 e. The molecule has 0 saturated heterocycles. The van der Waals surface area contributed by atoms with Gasteiger partial charge in [-0.3, -0.25) is 4.79 Å². The molecule has 156 valence electrons. The Labute approximate surface area is 188 Å². The molecule has 5 nitrogen and oxygen atoms in total. The van der Waals surface area contributed by atoms with Crippen molar-refractivity contribution in [1.82, 2.24) is 0 Å². The van der Waals surface area contributed by atoms with Crippen LogP contribution in [0, 0.1) is 0 Å². The van der Waals surface area contributed by atoms with Crippen molar-refractivity contribution in [3.05, 3.63) is 99.2 Å². The first-order valence-electron chi connectivity index (χ1n) is 9.35. The molecule has 0 fully saturated rings. The topological polar surface area (TPSA) is 61.8 Å². The first-order chi connectivity index (χ1) is 15.0.